The smallest absolute Gasteiger partial charge is 0.497 e. The van der Waals surface area contributed by atoms with Gasteiger partial charge in [-0.25, -0.2) is 14.5 Å². The molecule has 7 nitrogen and oxygen atoms in total. The molecule has 0 spiro atoms. The summed E-state index contributed by atoms with van der Waals surface area (Å²) in [5, 5.41) is 4.05. The molecule has 0 heterocycles. The number of hydrogen-bond acceptors (Lipinski definition) is 7. The average molecular weight is 284 g/mol. The van der Waals surface area contributed by atoms with Crippen LogP contribution in [0.25, 0.3) is 0 Å². The molecular weight excluding hydrogens is 268 g/mol. The molecule has 0 aliphatic carbocycles. The fourth-order valence-electron chi connectivity index (χ4n) is 1.11. The van der Waals surface area contributed by atoms with Crippen molar-refractivity contribution in [1.82, 2.24) is 0 Å². The molecule has 0 fully saturated rings. The molecule has 110 valence electrons. The van der Waals surface area contributed by atoms with Gasteiger partial charge in [-0.3, -0.25) is 4.89 Å². The van der Waals surface area contributed by atoms with Gasteiger partial charge in [0.15, 0.2) is 0 Å². The number of rotatable bonds is 6. The molecule has 0 aliphatic rings. The summed E-state index contributed by atoms with van der Waals surface area (Å²) in [6.07, 6.45) is -1.08. The van der Waals surface area contributed by atoms with Crippen LogP contribution < -0.4 is 4.74 Å². The molecule has 0 unspecified atom stereocenters. The molecule has 0 aliphatic heterocycles. The maximum Gasteiger partial charge on any atom is 0.543 e. The highest BCUT2D eigenvalue weighted by molar-refractivity contribution is 5.89. The first-order chi connectivity index (χ1) is 9.52. The number of carbonyl (C=O) groups is 2. The van der Waals surface area contributed by atoms with Gasteiger partial charge in [0.2, 0.25) is 0 Å². The Hall–Kier alpha value is -2.28. The zero-order chi connectivity index (χ0) is 15.0. The fraction of sp³-hybridized carbons (Fsp3) is 0.385. The minimum Gasteiger partial charge on any atom is -0.497 e. The van der Waals surface area contributed by atoms with E-state index in [1.807, 2.05) is 13.8 Å². The van der Waals surface area contributed by atoms with Crippen LogP contribution in [0.2, 0.25) is 0 Å². The summed E-state index contributed by atoms with van der Waals surface area (Å²) in [6.45, 7) is 3.89. The Balaban J connectivity index is 2.30. The van der Waals surface area contributed by atoms with E-state index >= 15 is 0 Å². The van der Waals surface area contributed by atoms with Crippen molar-refractivity contribution < 1.29 is 33.9 Å². The molecule has 0 bridgehead atoms. The fourth-order valence-corrected chi connectivity index (χ4v) is 1.11. The number of benzene rings is 1. The lowest BCUT2D eigenvalue weighted by molar-refractivity contribution is -0.452. The van der Waals surface area contributed by atoms with Crippen LogP contribution in [0.5, 0.6) is 5.75 Å². The molecule has 0 N–H and O–H groups in total. The Labute approximate surface area is 116 Å². The largest absolute Gasteiger partial charge is 0.543 e. The van der Waals surface area contributed by atoms with Crippen LogP contribution in [0.1, 0.15) is 24.2 Å². The molecule has 0 atom stereocenters. The third-order valence-corrected chi connectivity index (χ3v) is 2.07. The second-order valence-electron chi connectivity index (χ2n) is 4.21. The van der Waals surface area contributed by atoms with Gasteiger partial charge in [0.05, 0.1) is 24.3 Å². The van der Waals surface area contributed by atoms with Crippen LogP contribution in [-0.4, -0.2) is 25.8 Å². The third kappa shape index (κ3) is 5.57. The highest BCUT2D eigenvalue weighted by Gasteiger charge is 2.12. The van der Waals surface area contributed by atoms with E-state index in [1.165, 1.54) is 19.2 Å². The summed E-state index contributed by atoms with van der Waals surface area (Å²) < 4.78 is 9.57. The predicted octanol–water partition coefficient (Wildman–Crippen LogP) is 2.51. The van der Waals surface area contributed by atoms with Crippen molar-refractivity contribution >= 4 is 12.1 Å². The van der Waals surface area contributed by atoms with Crippen LogP contribution in [-0.2, 0) is 19.6 Å². The molecule has 1 aromatic rings. The predicted molar refractivity (Wildman–Crippen MR) is 66.8 cm³/mol. The van der Waals surface area contributed by atoms with E-state index in [-0.39, 0.29) is 18.1 Å². The van der Waals surface area contributed by atoms with Crippen LogP contribution >= 0.6 is 0 Å². The first-order valence-electron chi connectivity index (χ1n) is 5.89. The minimum atomic E-state index is -1.08. The molecule has 0 radical (unpaired) electrons. The average Bonchev–Trinajstić information content (AvgIpc) is 2.45. The number of hydrogen-bond donors (Lipinski definition) is 0. The first kappa shape index (κ1) is 15.8. The monoisotopic (exact) mass is 284 g/mol. The maximum atomic E-state index is 11.5. The van der Waals surface area contributed by atoms with Crippen molar-refractivity contribution in [3.05, 3.63) is 29.8 Å². The van der Waals surface area contributed by atoms with Gasteiger partial charge in [-0.1, -0.05) is 13.8 Å². The Morgan fingerprint density at radius 2 is 1.75 bits per heavy atom. The molecule has 1 rings (SSSR count). The molecule has 0 amide bonds. The van der Waals surface area contributed by atoms with E-state index in [4.69, 9.17) is 4.74 Å². The standard InChI is InChI=1S/C13H16O7/c1-9(2)8-17-13(15)19-20-18-12(14)10-4-6-11(16-3)7-5-10/h4-7,9H,8H2,1-3H3. The van der Waals surface area contributed by atoms with Crippen molar-refractivity contribution in [2.45, 2.75) is 13.8 Å². The van der Waals surface area contributed by atoms with Gasteiger partial charge in [0, 0.05) is 0 Å². The zero-order valence-corrected chi connectivity index (χ0v) is 11.5. The Morgan fingerprint density at radius 3 is 2.30 bits per heavy atom. The van der Waals surface area contributed by atoms with E-state index < -0.39 is 12.1 Å². The van der Waals surface area contributed by atoms with Crippen molar-refractivity contribution in [2.75, 3.05) is 13.7 Å². The number of methoxy groups -OCH3 is 1. The first-order valence-corrected chi connectivity index (χ1v) is 5.89. The van der Waals surface area contributed by atoms with Gasteiger partial charge in [-0.2, -0.15) is 0 Å². The Bertz CT molecular complexity index is 439. The molecule has 20 heavy (non-hydrogen) atoms. The molecule has 0 aromatic heterocycles. The van der Waals surface area contributed by atoms with Crippen molar-refractivity contribution in [3.8, 4) is 5.75 Å². The van der Waals surface area contributed by atoms with Gasteiger partial charge in [-0.05, 0) is 30.2 Å². The Kier molecular flexibility index (Phi) is 6.31. The molecule has 7 heteroatoms. The van der Waals surface area contributed by atoms with Gasteiger partial charge < -0.3 is 9.47 Å². The summed E-state index contributed by atoms with van der Waals surface area (Å²) >= 11 is 0. The summed E-state index contributed by atoms with van der Waals surface area (Å²) in [7, 11) is 1.51. The second kappa shape index (κ2) is 8.00. The lowest BCUT2D eigenvalue weighted by Crippen LogP contribution is -2.14. The van der Waals surface area contributed by atoms with E-state index in [0.717, 1.165) is 0 Å². The summed E-state index contributed by atoms with van der Waals surface area (Å²) in [6, 6.07) is 6.10. The Morgan fingerprint density at radius 1 is 1.10 bits per heavy atom. The van der Waals surface area contributed by atoms with Crippen LogP contribution in [0.3, 0.4) is 0 Å². The topological polar surface area (TPSA) is 80.3 Å². The van der Waals surface area contributed by atoms with Crippen molar-refractivity contribution in [3.63, 3.8) is 0 Å². The van der Waals surface area contributed by atoms with Crippen LogP contribution in [0, 0.1) is 5.92 Å². The van der Waals surface area contributed by atoms with Crippen LogP contribution in [0.15, 0.2) is 24.3 Å². The zero-order valence-electron chi connectivity index (χ0n) is 11.5. The normalized spacial score (nSPS) is 10.0. The second-order valence-corrected chi connectivity index (χ2v) is 4.21. The number of ether oxygens (including phenoxy) is 2. The summed E-state index contributed by atoms with van der Waals surface area (Å²) in [4.78, 5) is 30.8. The lowest BCUT2D eigenvalue weighted by Gasteiger charge is -2.06. The SMILES string of the molecule is COc1ccc(C(=O)OOOC(=O)OCC(C)C)cc1. The highest BCUT2D eigenvalue weighted by atomic mass is 17.5. The number of carbonyl (C=O) groups excluding carboxylic acids is 2. The van der Waals surface area contributed by atoms with Gasteiger partial charge in [0.25, 0.3) is 0 Å². The highest BCUT2D eigenvalue weighted by Crippen LogP contribution is 2.12. The summed E-state index contributed by atoms with van der Waals surface area (Å²) in [5.41, 5.74) is 0.213. The van der Waals surface area contributed by atoms with E-state index in [0.29, 0.717) is 5.75 Å². The van der Waals surface area contributed by atoms with Crippen molar-refractivity contribution in [1.29, 1.82) is 0 Å². The van der Waals surface area contributed by atoms with E-state index in [9.17, 15) is 9.59 Å². The van der Waals surface area contributed by atoms with Crippen molar-refractivity contribution in [2.24, 2.45) is 5.92 Å². The van der Waals surface area contributed by atoms with Gasteiger partial charge >= 0.3 is 12.1 Å². The third-order valence-electron chi connectivity index (χ3n) is 2.07. The summed E-state index contributed by atoms with van der Waals surface area (Å²) in [5.74, 6) is -0.0651. The minimum absolute atomic E-state index is 0.157. The van der Waals surface area contributed by atoms with Gasteiger partial charge in [-0.15, -0.1) is 0 Å². The molecule has 1 aromatic carbocycles. The molecular formula is C13H16O7. The molecule has 0 saturated heterocycles. The van der Waals surface area contributed by atoms with Gasteiger partial charge in [0.1, 0.15) is 5.75 Å². The van der Waals surface area contributed by atoms with E-state index in [2.05, 4.69) is 19.6 Å². The quantitative estimate of drug-likeness (QED) is 0.451. The maximum absolute atomic E-state index is 11.5. The lowest BCUT2D eigenvalue weighted by atomic mass is 10.2. The molecule has 0 saturated carbocycles. The van der Waals surface area contributed by atoms with Crippen LogP contribution in [0.4, 0.5) is 4.79 Å². The van der Waals surface area contributed by atoms with E-state index in [1.54, 1.807) is 12.1 Å².